The normalized spacial score (nSPS) is 18.8. The van der Waals surface area contributed by atoms with Crippen LogP contribution in [0.15, 0.2) is 53.0 Å². The molecule has 2 nitrogen and oxygen atoms in total. The Hall–Kier alpha value is -1.74. The average molecular weight is 399 g/mol. The number of Topliss-reactive ketones (excluding diaryl/α,β-unsaturated/α-hetero) is 2. The number of hydrogen-bond acceptors (Lipinski definition) is 2. The summed E-state index contributed by atoms with van der Waals surface area (Å²) in [6.45, 7) is 2.05. The summed E-state index contributed by atoms with van der Waals surface area (Å²) in [5, 5.41) is 0. The van der Waals surface area contributed by atoms with Gasteiger partial charge in [-0.25, -0.2) is 0 Å². The lowest BCUT2D eigenvalue weighted by atomic mass is 9.73. The Morgan fingerprint density at radius 1 is 1.08 bits per heavy atom. The molecule has 0 heterocycles. The fourth-order valence-electron chi connectivity index (χ4n) is 3.69. The van der Waals surface area contributed by atoms with E-state index in [1.165, 1.54) is 5.56 Å². The first kappa shape index (κ1) is 18.1. The first-order valence-corrected chi connectivity index (χ1v) is 9.72. The molecule has 130 valence electrons. The van der Waals surface area contributed by atoms with Crippen LogP contribution < -0.4 is 0 Å². The molecule has 0 bridgehead atoms. The van der Waals surface area contributed by atoms with Crippen molar-refractivity contribution in [2.24, 2.45) is 5.92 Å². The minimum atomic E-state index is -0.0316. The monoisotopic (exact) mass is 398 g/mol. The van der Waals surface area contributed by atoms with Crippen LogP contribution in [-0.2, 0) is 4.79 Å². The molecule has 0 amide bonds. The maximum Gasteiger partial charge on any atom is 0.163 e. The van der Waals surface area contributed by atoms with Crippen molar-refractivity contribution in [3.8, 4) is 0 Å². The van der Waals surface area contributed by atoms with Crippen LogP contribution in [0, 0.1) is 12.8 Å². The van der Waals surface area contributed by atoms with Crippen molar-refractivity contribution < 1.29 is 9.59 Å². The van der Waals surface area contributed by atoms with E-state index in [-0.39, 0.29) is 17.6 Å². The van der Waals surface area contributed by atoms with Crippen molar-refractivity contribution in [1.82, 2.24) is 0 Å². The van der Waals surface area contributed by atoms with Gasteiger partial charge in [0.1, 0.15) is 5.78 Å². The molecule has 25 heavy (non-hydrogen) atoms. The number of carbonyl (C=O) groups excluding carboxylic acids is 2. The van der Waals surface area contributed by atoms with E-state index in [1.54, 1.807) is 0 Å². The molecule has 1 aliphatic rings. The molecule has 0 aliphatic heterocycles. The van der Waals surface area contributed by atoms with E-state index in [9.17, 15) is 9.59 Å². The Balaban J connectivity index is 1.87. The second-order valence-corrected chi connectivity index (χ2v) is 7.89. The fraction of sp³-hybridized carbons (Fsp3) is 0.364. The fourth-order valence-corrected chi connectivity index (χ4v) is 3.96. The molecule has 2 aromatic carbocycles. The van der Waals surface area contributed by atoms with Gasteiger partial charge in [-0.15, -0.1) is 0 Å². The number of ketones is 2. The summed E-state index contributed by atoms with van der Waals surface area (Å²) >= 11 is 3.40. The van der Waals surface area contributed by atoms with E-state index >= 15 is 0 Å². The lowest BCUT2D eigenvalue weighted by Crippen LogP contribution is -2.27. The van der Waals surface area contributed by atoms with E-state index in [1.807, 2.05) is 24.3 Å². The number of benzene rings is 2. The topological polar surface area (TPSA) is 34.1 Å². The Kier molecular flexibility index (Phi) is 5.85. The Morgan fingerprint density at radius 3 is 2.40 bits per heavy atom. The number of carbonyl (C=O) groups is 2. The Morgan fingerprint density at radius 2 is 1.76 bits per heavy atom. The summed E-state index contributed by atoms with van der Waals surface area (Å²) < 4.78 is 0.960. The zero-order chi connectivity index (χ0) is 17.8. The highest BCUT2D eigenvalue weighted by atomic mass is 79.9. The number of hydrogen-bond donors (Lipinski definition) is 0. The zero-order valence-corrected chi connectivity index (χ0v) is 16.1. The van der Waals surface area contributed by atoms with Crippen LogP contribution in [0.1, 0.15) is 59.5 Å². The molecule has 0 spiro atoms. The molecule has 0 unspecified atom stereocenters. The number of halogens is 1. The highest BCUT2D eigenvalue weighted by Crippen LogP contribution is 2.37. The van der Waals surface area contributed by atoms with Crippen LogP contribution in [0.5, 0.6) is 0 Å². The number of rotatable bonds is 5. The molecular weight excluding hydrogens is 376 g/mol. The van der Waals surface area contributed by atoms with Crippen molar-refractivity contribution >= 4 is 27.5 Å². The van der Waals surface area contributed by atoms with Crippen LogP contribution in [-0.4, -0.2) is 11.6 Å². The molecule has 1 aliphatic carbocycles. The van der Waals surface area contributed by atoms with Crippen LogP contribution in [0.4, 0.5) is 0 Å². The summed E-state index contributed by atoms with van der Waals surface area (Å²) in [6.07, 6.45) is 3.99. The van der Waals surface area contributed by atoms with E-state index in [4.69, 9.17) is 0 Å². The second kappa shape index (κ2) is 8.09. The standard InChI is InChI=1S/C22H23BrO2/c1-15-6-8-16(9-7-15)20(19-4-2-3-5-21(19)24)14-22(25)17-10-12-18(23)13-11-17/h6-13,19-20H,2-5,14H2,1H3/t19-,20-/m0/s1. The van der Waals surface area contributed by atoms with E-state index in [2.05, 4.69) is 47.1 Å². The molecular formula is C22H23BrO2. The van der Waals surface area contributed by atoms with Gasteiger partial charge in [0.15, 0.2) is 5.78 Å². The van der Waals surface area contributed by atoms with Gasteiger partial charge in [-0.05, 0) is 37.5 Å². The second-order valence-electron chi connectivity index (χ2n) is 6.97. The SMILES string of the molecule is Cc1ccc([C@H](CC(=O)c2ccc(Br)cc2)[C@@H]2CCCCC2=O)cc1. The molecule has 0 aromatic heterocycles. The van der Waals surface area contributed by atoms with Crippen LogP contribution in [0.2, 0.25) is 0 Å². The Bertz CT molecular complexity index is 747. The third-order valence-electron chi connectivity index (χ3n) is 5.16. The minimum absolute atomic E-state index is 0.0236. The molecule has 0 radical (unpaired) electrons. The molecule has 2 aromatic rings. The molecule has 2 atom stereocenters. The van der Waals surface area contributed by atoms with Gasteiger partial charge in [0.2, 0.25) is 0 Å². The van der Waals surface area contributed by atoms with Crippen molar-refractivity contribution in [3.05, 3.63) is 69.7 Å². The van der Waals surface area contributed by atoms with Gasteiger partial charge >= 0.3 is 0 Å². The maximum atomic E-state index is 12.8. The first-order chi connectivity index (χ1) is 12.0. The predicted molar refractivity (Wildman–Crippen MR) is 104 cm³/mol. The summed E-state index contributed by atoms with van der Waals surface area (Å²) in [6, 6.07) is 15.8. The summed E-state index contributed by atoms with van der Waals surface area (Å²) in [4.78, 5) is 25.4. The predicted octanol–water partition coefficient (Wildman–Crippen LogP) is 5.87. The maximum absolute atomic E-state index is 12.8. The van der Waals surface area contributed by atoms with E-state index in [0.29, 0.717) is 24.2 Å². The van der Waals surface area contributed by atoms with Crippen LogP contribution in [0.3, 0.4) is 0 Å². The van der Waals surface area contributed by atoms with Gasteiger partial charge < -0.3 is 0 Å². The van der Waals surface area contributed by atoms with Crippen molar-refractivity contribution in [2.75, 3.05) is 0 Å². The third kappa shape index (κ3) is 4.46. The molecule has 3 heteroatoms. The number of aryl methyl sites for hydroxylation is 1. The van der Waals surface area contributed by atoms with Crippen molar-refractivity contribution in [3.63, 3.8) is 0 Å². The Labute approximate surface area is 157 Å². The molecule has 1 saturated carbocycles. The van der Waals surface area contributed by atoms with E-state index < -0.39 is 0 Å². The molecule has 3 rings (SSSR count). The van der Waals surface area contributed by atoms with Gasteiger partial charge in [0.05, 0.1) is 0 Å². The van der Waals surface area contributed by atoms with Gasteiger partial charge in [-0.3, -0.25) is 9.59 Å². The van der Waals surface area contributed by atoms with E-state index in [0.717, 1.165) is 29.3 Å². The minimum Gasteiger partial charge on any atom is -0.299 e. The van der Waals surface area contributed by atoms with Crippen LogP contribution >= 0.6 is 15.9 Å². The summed E-state index contributed by atoms with van der Waals surface area (Å²) in [5.41, 5.74) is 3.01. The van der Waals surface area contributed by atoms with Gasteiger partial charge in [0, 0.05) is 34.7 Å². The lowest BCUT2D eigenvalue weighted by molar-refractivity contribution is -0.125. The molecule has 0 saturated heterocycles. The largest absolute Gasteiger partial charge is 0.299 e. The zero-order valence-electron chi connectivity index (χ0n) is 14.5. The first-order valence-electron chi connectivity index (χ1n) is 8.92. The average Bonchev–Trinajstić information content (AvgIpc) is 2.62. The summed E-state index contributed by atoms with van der Waals surface area (Å²) in [5.74, 6) is 0.372. The van der Waals surface area contributed by atoms with Gasteiger partial charge in [-0.1, -0.05) is 64.3 Å². The van der Waals surface area contributed by atoms with Crippen molar-refractivity contribution in [2.45, 2.75) is 44.9 Å². The van der Waals surface area contributed by atoms with Gasteiger partial charge in [0.25, 0.3) is 0 Å². The quantitative estimate of drug-likeness (QED) is 0.589. The highest BCUT2D eigenvalue weighted by Gasteiger charge is 2.32. The summed E-state index contributed by atoms with van der Waals surface area (Å²) in [7, 11) is 0. The highest BCUT2D eigenvalue weighted by molar-refractivity contribution is 9.10. The van der Waals surface area contributed by atoms with Crippen molar-refractivity contribution in [1.29, 1.82) is 0 Å². The smallest absolute Gasteiger partial charge is 0.163 e. The van der Waals surface area contributed by atoms with Crippen LogP contribution in [0.25, 0.3) is 0 Å². The molecule has 0 N–H and O–H groups in total. The van der Waals surface area contributed by atoms with Gasteiger partial charge in [-0.2, -0.15) is 0 Å². The third-order valence-corrected chi connectivity index (χ3v) is 5.69. The lowest BCUT2D eigenvalue weighted by Gasteiger charge is -2.29. The molecule has 1 fully saturated rings.